The van der Waals surface area contributed by atoms with E-state index < -0.39 is 0 Å². The Morgan fingerprint density at radius 2 is 2.33 bits per heavy atom. The summed E-state index contributed by atoms with van der Waals surface area (Å²) in [5.41, 5.74) is 6.80. The second-order valence-corrected chi connectivity index (χ2v) is 3.92. The predicted molar refractivity (Wildman–Crippen MR) is 66.2 cm³/mol. The quantitative estimate of drug-likeness (QED) is 0.599. The van der Waals surface area contributed by atoms with Crippen LogP contribution in [0.25, 0.3) is 17.0 Å². The lowest BCUT2D eigenvalue weighted by atomic mass is 10.2. The molecule has 0 saturated heterocycles. The third kappa shape index (κ3) is 1.61. The number of fused-ring (bicyclic) bond motifs is 1. The fourth-order valence-electron chi connectivity index (χ4n) is 1.90. The first-order valence-corrected chi connectivity index (χ1v) is 5.60. The van der Waals surface area contributed by atoms with Crippen LogP contribution in [0.3, 0.4) is 0 Å². The highest BCUT2D eigenvalue weighted by molar-refractivity contribution is 5.59. The van der Waals surface area contributed by atoms with Gasteiger partial charge in [0.15, 0.2) is 0 Å². The minimum absolute atomic E-state index is 0.159. The standard InChI is InChI=1S/C11H12N6O/c12-3-1-9-15-16-11-14-8(5-10(18)17(9)11)7-2-4-13-6-7/h2,4-6,13H,1,3,12H2,(H,14,16). The summed E-state index contributed by atoms with van der Waals surface area (Å²) < 4.78 is 1.45. The second kappa shape index (κ2) is 4.11. The van der Waals surface area contributed by atoms with Crippen molar-refractivity contribution >= 4 is 5.78 Å². The number of aromatic nitrogens is 5. The van der Waals surface area contributed by atoms with Crippen molar-refractivity contribution in [2.45, 2.75) is 6.42 Å². The van der Waals surface area contributed by atoms with E-state index in [0.717, 1.165) is 5.56 Å². The van der Waals surface area contributed by atoms with E-state index in [1.165, 1.54) is 10.5 Å². The lowest BCUT2D eigenvalue weighted by Crippen LogP contribution is -2.17. The van der Waals surface area contributed by atoms with Crippen LogP contribution in [-0.2, 0) is 6.42 Å². The first-order valence-electron chi connectivity index (χ1n) is 5.60. The van der Waals surface area contributed by atoms with E-state index in [0.29, 0.717) is 30.3 Å². The maximum Gasteiger partial charge on any atom is 0.261 e. The summed E-state index contributed by atoms with van der Waals surface area (Å²) >= 11 is 0. The zero-order chi connectivity index (χ0) is 12.5. The van der Waals surface area contributed by atoms with Crippen LogP contribution in [0.2, 0.25) is 0 Å². The van der Waals surface area contributed by atoms with Gasteiger partial charge < -0.3 is 10.7 Å². The molecule has 0 aliphatic rings. The maximum atomic E-state index is 12.1. The van der Waals surface area contributed by atoms with Crippen LogP contribution in [0.1, 0.15) is 5.82 Å². The summed E-state index contributed by atoms with van der Waals surface area (Å²) in [5, 5.41) is 6.81. The first kappa shape index (κ1) is 10.7. The molecular formula is C11H12N6O. The Kier molecular flexibility index (Phi) is 2.45. The van der Waals surface area contributed by atoms with Crippen molar-refractivity contribution in [1.29, 1.82) is 0 Å². The largest absolute Gasteiger partial charge is 0.367 e. The van der Waals surface area contributed by atoms with Gasteiger partial charge in [0.05, 0.1) is 5.69 Å². The molecule has 0 radical (unpaired) electrons. The van der Waals surface area contributed by atoms with Gasteiger partial charge in [-0.1, -0.05) is 0 Å². The van der Waals surface area contributed by atoms with Crippen molar-refractivity contribution < 1.29 is 0 Å². The van der Waals surface area contributed by atoms with Gasteiger partial charge in [-0.3, -0.25) is 4.79 Å². The number of nitrogens with one attached hydrogen (secondary N) is 2. The van der Waals surface area contributed by atoms with Gasteiger partial charge in [0.1, 0.15) is 5.82 Å². The Morgan fingerprint density at radius 3 is 3.06 bits per heavy atom. The summed E-state index contributed by atoms with van der Waals surface area (Å²) in [6.45, 7) is 0.436. The summed E-state index contributed by atoms with van der Waals surface area (Å²) in [5.74, 6) is 1.03. The monoisotopic (exact) mass is 244 g/mol. The molecule has 0 saturated carbocycles. The van der Waals surface area contributed by atoms with Crippen molar-refractivity contribution in [1.82, 2.24) is 24.6 Å². The average molecular weight is 244 g/mol. The Balaban J connectivity index is 2.21. The lowest BCUT2D eigenvalue weighted by molar-refractivity contribution is 0.836. The van der Waals surface area contributed by atoms with Crippen LogP contribution in [0.5, 0.6) is 0 Å². The average Bonchev–Trinajstić information content (AvgIpc) is 2.98. The number of hydrogen-bond acceptors (Lipinski definition) is 4. The molecule has 3 rings (SSSR count). The van der Waals surface area contributed by atoms with Gasteiger partial charge >= 0.3 is 0 Å². The van der Waals surface area contributed by atoms with Crippen LogP contribution < -0.4 is 11.3 Å². The van der Waals surface area contributed by atoms with Crippen LogP contribution in [-0.4, -0.2) is 31.1 Å². The van der Waals surface area contributed by atoms with Crippen molar-refractivity contribution in [2.75, 3.05) is 6.54 Å². The Labute approximate surface area is 102 Å². The minimum Gasteiger partial charge on any atom is -0.367 e. The van der Waals surface area contributed by atoms with Crippen LogP contribution in [0.15, 0.2) is 29.3 Å². The highest BCUT2D eigenvalue weighted by Crippen LogP contribution is 2.14. The molecule has 92 valence electrons. The highest BCUT2D eigenvalue weighted by atomic mass is 16.1. The number of hydrogen-bond donors (Lipinski definition) is 3. The van der Waals surface area contributed by atoms with Gasteiger partial charge in [-0.2, -0.15) is 5.10 Å². The van der Waals surface area contributed by atoms with Crippen molar-refractivity contribution in [3.8, 4) is 11.3 Å². The van der Waals surface area contributed by atoms with E-state index in [2.05, 4.69) is 20.2 Å². The molecule has 7 heteroatoms. The topological polar surface area (TPSA) is 105 Å². The lowest BCUT2D eigenvalue weighted by Gasteiger charge is -1.99. The number of rotatable bonds is 3. The van der Waals surface area contributed by atoms with Crippen LogP contribution in [0.4, 0.5) is 0 Å². The normalized spacial score (nSPS) is 11.2. The summed E-state index contributed by atoms with van der Waals surface area (Å²) in [6.07, 6.45) is 4.10. The van der Waals surface area contributed by atoms with E-state index in [4.69, 9.17) is 5.73 Å². The summed E-state index contributed by atoms with van der Waals surface area (Å²) in [7, 11) is 0. The molecule has 4 N–H and O–H groups in total. The number of H-pyrrole nitrogens is 2. The molecule has 0 unspecified atom stereocenters. The van der Waals surface area contributed by atoms with Crippen molar-refractivity contribution in [2.24, 2.45) is 5.73 Å². The summed E-state index contributed by atoms with van der Waals surface area (Å²) in [6, 6.07) is 3.35. The number of nitrogens with zero attached hydrogens (tertiary/aromatic N) is 3. The Hall–Kier alpha value is -2.41. The summed E-state index contributed by atoms with van der Waals surface area (Å²) in [4.78, 5) is 19.4. The zero-order valence-corrected chi connectivity index (χ0v) is 9.55. The zero-order valence-electron chi connectivity index (χ0n) is 9.55. The molecule has 18 heavy (non-hydrogen) atoms. The van der Waals surface area contributed by atoms with Gasteiger partial charge in [0.2, 0.25) is 5.78 Å². The van der Waals surface area contributed by atoms with Gasteiger partial charge in [-0.15, -0.1) is 0 Å². The smallest absolute Gasteiger partial charge is 0.261 e. The molecular weight excluding hydrogens is 232 g/mol. The molecule has 0 spiro atoms. The van der Waals surface area contributed by atoms with Crippen molar-refractivity contribution in [3.05, 3.63) is 40.7 Å². The van der Waals surface area contributed by atoms with Crippen LogP contribution >= 0.6 is 0 Å². The fourth-order valence-corrected chi connectivity index (χ4v) is 1.90. The third-order valence-corrected chi connectivity index (χ3v) is 2.72. The van der Waals surface area contributed by atoms with E-state index in [-0.39, 0.29) is 5.56 Å². The van der Waals surface area contributed by atoms with Gasteiger partial charge in [0, 0.05) is 30.4 Å². The third-order valence-electron chi connectivity index (χ3n) is 2.72. The Bertz CT molecular complexity index is 724. The first-order chi connectivity index (χ1) is 8.79. The van der Waals surface area contributed by atoms with E-state index in [1.807, 2.05) is 6.07 Å². The van der Waals surface area contributed by atoms with Crippen molar-refractivity contribution in [3.63, 3.8) is 0 Å². The number of aromatic amines is 2. The van der Waals surface area contributed by atoms with E-state index >= 15 is 0 Å². The minimum atomic E-state index is -0.159. The SMILES string of the molecule is NCCc1n[nH]c2nc(-c3cc[nH]c3)cc(=O)n12. The molecule has 0 fully saturated rings. The Morgan fingerprint density at radius 1 is 1.44 bits per heavy atom. The van der Waals surface area contributed by atoms with E-state index in [9.17, 15) is 4.79 Å². The molecule has 0 aliphatic carbocycles. The molecule has 0 aliphatic heterocycles. The molecule has 0 amide bonds. The molecule has 7 nitrogen and oxygen atoms in total. The van der Waals surface area contributed by atoms with Gasteiger partial charge in [-0.05, 0) is 12.6 Å². The molecule has 0 atom stereocenters. The highest BCUT2D eigenvalue weighted by Gasteiger charge is 2.10. The molecule has 3 heterocycles. The fraction of sp³-hybridized carbons (Fsp3) is 0.182. The van der Waals surface area contributed by atoms with E-state index in [1.54, 1.807) is 12.4 Å². The molecule has 3 aromatic heterocycles. The second-order valence-electron chi connectivity index (χ2n) is 3.92. The maximum absolute atomic E-state index is 12.1. The molecule has 0 bridgehead atoms. The molecule has 3 aromatic rings. The van der Waals surface area contributed by atoms with Crippen LogP contribution in [0, 0.1) is 0 Å². The number of nitrogens with two attached hydrogens (primary N) is 1. The van der Waals surface area contributed by atoms with Gasteiger partial charge in [0.25, 0.3) is 5.56 Å². The predicted octanol–water partition coefficient (Wildman–Crippen LogP) is -0.0861. The molecule has 0 aromatic carbocycles. The van der Waals surface area contributed by atoms with Gasteiger partial charge in [-0.25, -0.2) is 14.5 Å².